The number of rotatable bonds is 18. The molecule has 4 N–H and O–H groups in total. The molecule has 0 saturated carbocycles. The molecule has 40 heteroatoms. The topological polar surface area (TPSA) is 70.5 Å². The van der Waals surface area contributed by atoms with E-state index in [1.807, 2.05) is 0 Å². The zero-order valence-electron chi connectivity index (χ0n) is 31.5. The molecule has 0 aromatic heterocycles. The van der Waals surface area contributed by atoms with Crippen LogP contribution in [0, 0.1) is 0 Å². The maximum atomic E-state index is 15.5. The van der Waals surface area contributed by atoms with E-state index in [1.54, 1.807) is 0 Å². The van der Waals surface area contributed by atoms with Crippen LogP contribution < -0.4 is 20.9 Å². The van der Waals surface area contributed by atoms with Crippen molar-refractivity contribution in [3.63, 3.8) is 0 Å². The molecule has 71 heavy (non-hydrogen) atoms. The fourth-order valence-electron chi connectivity index (χ4n) is 4.54. The van der Waals surface area contributed by atoms with Gasteiger partial charge in [0.1, 0.15) is 0 Å². The van der Waals surface area contributed by atoms with E-state index in [9.17, 15) is 149 Å². The Balaban J connectivity index is 2.67. The Kier molecular flexibility index (Phi) is 15.1. The van der Waals surface area contributed by atoms with Gasteiger partial charge in [-0.2, -0.15) is 158 Å². The van der Waals surface area contributed by atoms with Gasteiger partial charge >= 0.3 is 95.4 Å². The first-order valence-corrected chi connectivity index (χ1v) is 16.2. The third kappa shape index (κ3) is 8.91. The number of alkyl halides is 32. The number of nitrogens with two attached hydrogens (primary N) is 2. The summed E-state index contributed by atoms with van der Waals surface area (Å²) in [6.45, 7) is 0. The number of hydrogen-bond donors (Lipinski definition) is 2. The molecule has 408 valence electrons. The van der Waals surface area contributed by atoms with Gasteiger partial charge in [0.25, 0.3) is 5.92 Å². The van der Waals surface area contributed by atoms with E-state index in [2.05, 4.69) is 9.47 Å². The van der Waals surface area contributed by atoms with E-state index < -0.39 is 159 Å². The van der Waals surface area contributed by atoms with Gasteiger partial charge < -0.3 is 20.9 Å². The molecular formula is C31H10F36N2O2. The summed E-state index contributed by atoms with van der Waals surface area (Å²) >= 11 is 0. The molecule has 0 fully saturated rings. The van der Waals surface area contributed by atoms with E-state index in [0.29, 0.717) is 0 Å². The van der Waals surface area contributed by atoms with Crippen LogP contribution in [0.15, 0.2) is 60.1 Å². The Labute approximate surface area is 363 Å². The van der Waals surface area contributed by atoms with Crippen LogP contribution >= 0.6 is 0 Å². The second-order valence-electron chi connectivity index (χ2n) is 13.3. The fourth-order valence-corrected chi connectivity index (χ4v) is 4.54. The standard InChI is InChI=1S/C31H10F36N2O2/c32-13(18(38,39)20(42,43)22(46,47)24(50,51)26(54,55)28(58,59)30(62,63)64)15(34)70-11-5-7(1-3-9(11)68)17(36,37)8-2-4-10(69)12(6-8)71-16(35)14(33)19(40,41)21(44,45)23(48,49)25(52,53)27(56,57)29(60,61)31(65,66)67/h1-6H,68-69H2. The molecule has 0 saturated heterocycles. The summed E-state index contributed by atoms with van der Waals surface area (Å²) < 4.78 is 498. The van der Waals surface area contributed by atoms with E-state index in [0.717, 1.165) is 0 Å². The van der Waals surface area contributed by atoms with Gasteiger partial charge in [-0.1, -0.05) is 12.1 Å². The number of hydrogen-bond acceptors (Lipinski definition) is 4. The van der Waals surface area contributed by atoms with Gasteiger partial charge in [-0.05, 0) is 24.3 Å². The Morgan fingerprint density at radius 1 is 0.310 bits per heavy atom. The molecular weight excluding hydrogens is 1120 g/mol. The zero-order valence-corrected chi connectivity index (χ0v) is 31.5. The maximum absolute atomic E-state index is 15.5. The van der Waals surface area contributed by atoms with Crippen molar-refractivity contribution in [1.29, 1.82) is 0 Å². The summed E-state index contributed by atoms with van der Waals surface area (Å²) in [5.74, 6) is -124. The van der Waals surface area contributed by atoms with Crippen LogP contribution in [0.5, 0.6) is 11.5 Å². The lowest BCUT2D eigenvalue weighted by Crippen LogP contribution is -2.72. The molecule has 2 rings (SSSR count). The molecule has 0 atom stereocenters. The van der Waals surface area contributed by atoms with Crippen molar-refractivity contribution in [2.24, 2.45) is 0 Å². The van der Waals surface area contributed by atoms with Gasteiger partial charge in [-0.25, -0.2) is 0 Å². The SMILES string of the molecule is Nc1ccc(C(F)(F)c2ccc(N)c(OC(F)=C(F)C(F)(F)C(F)(F)C(F)(F)C(F)(F)C(F)(F)C(F)(F)C(F)(F)F)c2)cc1OC(F)=C(F)C(F)(F)C(F)(F)C(F)(F)C(F)(F)C(F)(F)C(F)(F)C(F)(F)F. The third-order valence-corrected chi connectivity index (χ3v) is 8.70. The van der Waals surface area contributed by atoms with Crippen molar-refractivity contribution in [2.75, 3.05) is 11.5 Å². The Morgan fingerprint density at radius 3 is 0.746 bits per heavy atom. The van der Waals surface area contributed by atoms with Crippen molar-refractivity contribution < 1.29 is 168 Å². The molecule has 0 radical (unpaired) electrons. The van der Waals surface area contributed by atoms with E-state index in [4.69, 9.17) is 11.5 Å². The highest BCUT2D eigenvalue weighted by molar-refractivity contribution is 5.59. The fraction of sp³-hybridized carbons (Fsp3) is 0.484. The zero-order chi connectivity index (χ0) is 56.9. The van der Waals surface area contributed by atoms with Crippen LogP contribution in [0.2, 0.25) is 0 Å². The molecule has 0 aliphatic rings. The van der Waals surface area contributed by atoms with Gasteiger partial charge in [0.05, 0.1) is 11.4 Å². The molecule has 0 heterocycles. The first-order valence-electron chi connectivity index (χ1n) is 16.2. The van der Waals surface area contributed by atoms with Gasteiger partial charge in [0, 0.05) is 11.1 Å². The van der Waals surface area contributed by atoms with E-state index in [-0.39, 0.29) is 24.3 Å². The van der Waals surface area contributed by atoms with Crippen molar-refractivity contribution in [1.82, 2.24) is 0 Å². The van der Waals surface area contributed by atoms with Crippen LogP contribution in [0.1, 0.15) is 11.1 Å². The number of nitrogen functional groups attached to an aromatic ring is 2. The molecule has 2 aromatic carbocycles. The maximum Gasteiger partial charge on any atom is 0.460 e. The summed E-state index contributed by atoms with van der Waals surface area (Å²) in [6, 6.07) is -10.2. The quantitative estimate of drug-likeness (QED) is 0.0886. The average Bonchev–Trinajstić information content (AvgIpc) is 3.19. The minimum Gasteiger partial charge on any atom is -0.427 e. The highest BCUT2D eigenvalue weighted by Crippen LogP contribution is 2.65. The first kappa shape index (κ1) is 61.7. The molecule has 0 bridgehead atoms. The molecule has 0 amide bonds. The molecule has 0 aliphatic carbocycles. The van der Waals surface area contributed by atoms with Crippen molar-refractivity contribution in [3.05, 3.63) is 71.2 Å². The lowest BCUT2D eigenvalue weighted by Gasteiger charge is -2.41. The van der Waals surface area contributed by atoms with E-state index in [1.165, 1.54) is 0 Å². The monoisotopic (exact) mass is 1130 g/mol. The number of benzene rings is 2. The van der Waals surface area contributed by atoms with Crippen molar-refractivity contribution in [2.45, 2.75) is 89.3 Å². The van der Waals surface area contributed by atoms with Gasteiger partial charge in [0.15, 0.2) is 11.5 Å². The van der Waals surface area contributed by atoms with Crippen molar-refractivity contribution >= 4 is 11.4 Å². The van der Waals surface area contributed by atoms with Crippen LogP contribution in [-0.2, 0) is 5.92 Å². The lowest BCUT2D eigenvalue weighted by molar-refractivity contribution is -0.451. The molecule has 0 aliphatic heterocycles. The Morgan fingerprint density at radius 2 is 0.521 bits per heavy atom. The Hall–Kier alpha value is -5.40. The minimum absolute atomic E-state index is 0.109. The number of anilines is 2. The second-order valence-corrected chi connectivity index (χ2v) is 13.3. The second kappa shape index (κ2) is 17.4. The number of ether oxygens (including phenoxy) is 2. The van der Waals surface area contributed by atoms with Crippen LogP contribution in [0.25, 0.3) is 0 Å². The van der Waals surface area contributed by atoms with Gasteiger partial charge in [-0.15, -0.1) is 0 Å². The van der Waals surface area contributed by atoms with Crippen LogP contribution in [0.3, 0.4) is 0 Å². The number of halogens is 36. The summed E-state index contributed by atoms with van der Waals surface area (Å²) in [5, 5.41) is 0. The van der Waals surface area contributed by atoms with E-state index >= 15 is 8.78 Å². The molecule has 0 spiro atoms. The summed E-state index contributed by atoms with van der Waals surface area (Å²) in [6.07, 6.45) is -16.1. The highest BCUT2D eigenvalue weighted by atomic mass is 19.4. The minimum atomic E-state index is -9.02. The summed E-state index contributed by atoms with van der Waals surface area (Å²) in [7, 11) is 0. The lowest BCUT2D eigenvalue weighted by atomic mass is 9.90. The predicted molar refractivity (Wildman–Crippen MR) is 156 cm³/mol. The smallest absolute Gasteiger partial charge is 0.427 e. The van der Waals surface area contributed by atoms with Gasteiger partial charge in [-0.3, -0.25) is 0 Å². The van der Waals surface area contributed by atoms with Gasteiger partial charge in [0.2, 0.25) is 11.7 Å². The molecule has 2 aromatic rings. The highest BCUT2D eigenvalue weighted by Gasteiger charge is 2.95. The first-order chi connectivity index (χ1) is 30.9. The summed E-state index contributed by atoms with van der Waals surface area (Å²) in [4.78, 5) is 0. The Bertz CT molecular complexity index is 2210. The summed E-state index contributed by atoms with van der Waals surface area (Å²) in [5.41, 5.74) is 2.82. The van der Waals surface area contributed by atoms with Crippen LogP contribution in [0.4, 0.5) is 169 Å². The number of allylic oxidation sites excluding steroid dienone is 2. The van der Waals surface area contributed by atoms with Crippen LogP contribution in [-0.4, -0.2) is 83.4 Å². The molecule has 4 nitrogen and oxygen atoms in total. The normalized spacial score (nSPS) is 16.2. The predicted octanol–water partition coefficient (Wildman–Crippen LogP) is 14.7. The van der Waals surface area contributed by atoms with Crippen molar-refractivity contribution in [3.8, 4) is 11.5 Å². The molecule has 0 unspecified atom stereocenters. The average molecular weight is 1130 g/mol. The largest absolute Gasteiger partial charge is 0.460 e. The third-order valence-electron chi connectivity index (χ3n) is 8.70.